The van der Waals surface area contributed by atoms with Crippen LogP contribution in [-0.2, 0) is 10.8 Å². The van der Waals surface area contributed by atoms with Crippen LogP contribution >= 0.6 is 0 Å². The van der Waals surface area contributed by atoms with Crippen molar-refractivity contribution in [2.45, 2.75) is 10.8 Å². The summed E-state index contributed by atoms with van der Waals surface area (Å²) in [7, 11) is 0. The molecule has 0 fully saturated rings. The van der Waals surface area contributed by atoms with Gasteiger partial charge >= 0.3 is 0 Å². The van der Waals surface area contributed by atoms with Gasteiger partial charge < -0.3 is 9.80 Å². The molecule has 0 bridgehead atoms. The van der Waals surface area contributed by atoms with Gasteiger partial charge in [0.25, 0.3) is 0 Å². The highest BCUT2D eigenvalue weighted by molar-refractivity contribution is 6.19. The van der Waals surface area contributed by atoms with Crippen molar-refractivity contribution in [1.82, 2.24) is 0 Å². The molecule has 2 atom stereocenters. The maximum Gasteiger partial charge on any atom is 0.187 e. The largest absolute Gasteiger partial charge is 0.310 e. The summed E-state index contributed by atoms with van der Waals surface area (Å²) in [5.41, 5.74) is 16.6. The van der Waals surface area contributed by atoms with Crippen LogP contribution in [-0.4, -0.2) is 0 Å². The van der Waals surface area contributed by atoms with E-state index in [9.17, 15) is 10.5 Å². The Morgan fingerprint density at radius 3 is 0.955 bits per heavy atom. The van der Waals surface area contributed by atoms with Crippen LogP contribution in [0.4, 0.5) is 45.5 Å². The lowest BCUT2D eigenvalue weighted by molar-refractivity contribution is 0.438. The van der Waals surface area contributed by atoms with E-state index >= 15 is 0 Å². The van der Waals surface area contributed by atoms with Crippen molar-refractivity contribution in [1.29, 1.82) is 10.5 Å². The van der Waals surface area contributed by atoms with Gasteiger partial charge in [-0.25, -0.2) is 9.69 Å². The number of hydrogen-bond donors (Lipinski definition) is 0. The zero-order chi connectivity index (χ0) is 59.1. The second-order valence-corrected chi connectivity index (χ2v) is 22.6. The molecule has 2 aliphatic rings. The van der Waals surface area contributed by atoms with Crippen molar-refractivity contribution >= 4 is 88.6 Å². The van der Waals surface area contributed by atoms with Crippen molar-refractivity contribution in [3.63, 3.8) is 0 Å². The Balaban J connectivity index is 1.16. The van der Waals surface area contributed by atoms with Crippen molar-refractivity contribution < 1.29 is 0 Å². The Morgan fingerprint density at radius 2 is 0.602 bits per heavy atom. The van der Waals surface area contributed by atoms with Crippen molar-refractivity contribution in [2.75, 3.05) is 9.80 Å². The van der Waals surface area contributed by atoms with E-state index in [2.05, 4.69) is 226 Å². The van der Waals surface area contributed by atoms with Crippen LogP contribution in [0.1, 0.15) is 44.5 Å². The fourth-order valence-corrected chi connectivity index (χ4v) is 15.0. The number of benzene rings is 14. The van der Waals surface area contributed by atoms with E-state index in [1.165, 1.54) is 0 Å². The molecular formula is C82H48N6. The predicted molar refractivity (Wildman–Crippen MR) is 358 cm³/mol. The van der Waals surface area contributed by atoms with Gasteiger partial charge in [0.2, 0.25) is 0 Å². The molecule has 0 aliphatic heterocycles. The van der Waals surface area contributed by atoms with Crippen LogP contribution in [0, 0.1) is 35.8 Å². The monoisotopic (exact) mass is 1120 g/mol. The third kappa shape index (κ3) is 7.31. The molecule has 0 spiro atoms. The average Bonchev–Trinajstić information content (AvgIpc) is 1.45. The van der Waals surface area contributed by atoms with Gasteiger partial charge in [0.15, 0.2) is 11.4 Å². The average molecular weight is 1120 g/mol. The third-order valence-electron chi connectivity index (χ3n) is 18.5. The zero-order valence-electron chi connectivity index (χ0n) is 47.4. The van der Waals surface area contributed by atoms with Gasteiger partial charge in [0, 0.05) is 33.5 Å². The standard InChI is InChI=1S/C82H48N6/c1-85-59-35-43-63(44-36-59)87(61-39-29-53(51-83)30-40-61)75-49-73-79(69-27-15-13-25-67(69)75)77-65-23-11-9-17-55(65)33-47-71(77)81(73,57-19-5-3-6-20-57)82(58-21-7-4-8-22-58)72-48-34-56-18-10-12-24-66(56)78(72)80-70-28-16-14-26-68(70)76(50-74(80)82)88(62-41-31-54(52-84)32-42-62)64-45-37-60(86-2)38-46-64/h3-50H. The molecule has 6 nitrogen and oxygen atoms in total. The maximum absolute atomic E-state index is 10.2. The van der Waals surface area contributed by atoms with Crippen LogP contribution in [0.25, 0.3) is 75.0 Å². The summed E-state index contributed by atoms with van der Waals surface area (Å²) >= 11 is 0. The van der Waals surface area contributed by atoms with E-state index in [4.69, 9.17) is 13.1 Å². The van der Waals surface area contributed by atoms with Gasteiger partial charge in [-0.3, -0.25) is 0 Å². The second-order valence-electron chi connectivity index (χ2n) is 22.6. The minimum absolute atomic E-state index is 0.536. The topological polar surface area (TPSA) is 62.8 Å². The van der Waals surface area contributed by atoms with Gasteiger partial charge in [0.1, 0.15) is 0 Å². The minimum atomic E-state index is -1.12. The smallest absolute Gasteiger partial charge is 0.187 e. The molecular weight excluding hydrogens is 1070 g/mol. The van der Waals surface area contributed by atoms with Crippen LogP contribution in [0.5, 0.6) is 0 Å². The Labute approximate surface area is 509 Å². The summed E-state index contributed by atoms with van der Waals surface area (Å²) in [6.45, 7) is 16.0. The minimum Gasteiger partial charge on any atom is -0.310 e. The van der Waals surface area contributed by atoms with Crippen molar-refractivity contribution in [3.05, 3.63) is 359 Å². The van der Waals surface area contributed by atoms with Crippen molar-refractivity contribution in [2.24, 2.45) is 0 Å². The number of nitrogens with zero attached hydrogens (tertiary/aromatic N) is 6. The van der Waals surface area contributed by atoms with Gasteiger partial charge in [-0.2, -0.15) is 10.5 Å². The Hall–Kier alpha value is -12.3. The zero-order valence-corrected chi connectivity index (χ0v) is 47.4. The summed E-state index contributed by atoms with van der Waals surface area (Å²) in [6.07, 6.45) is 0. The van der Waals surface area contributed by atoms with E-state index in [0.29, 0.717) is 22.5 Å². The normalized spacial score (nSPS) is 15.1. The molecule has 2 unspecified atom stereocenters. The lowest BCUT2D eigenvalue weighted by Gasteiger charge is -2.51. The molecule has 0 aromatic heterocycles. The molecule has 0 saturated carbocycles. The molecule has 88 heavy (non-hydrogen) atoms. The van der Waals surface area contributed by atoms with E-state index in [1.807, 2.05) is 97.1 Å². The second kappa shape index (κ2) is 20.2. The first-order valence-corrected chi connectivity index (χ1v) is 29.3. The molecule has 0 N–H and O–H groups in total. The predicted octanol–water partition coefficient (Wildman–Crippen LogP) is 21.4. The van der Waals surface area contributed by atoms with Crippen LogP contribution in [0.3, 0.4) is 0 Å². The lowest BCUT2D eigenvalue weighted by atomic mass is 9.49. The summed E-state index contributed by atoms with van der Waals surface area (Å²) in [6, 6.07) is 108. The number of fused-ring (bicyclic) bond motifs is 14. The third-order valence-corrected chi connectivity index (χ3v) is 18.5. The summed E-state index contributed by atoms with van der Waals surface area (Å²) in [5, 5.41) is 29.2. The first-order chi connectivity index (χ1) is 43.5. The Bertz CT molecular complexity index is 4910. The fourth-order valence-electron chi connectivity index (χ4n) is 15.0. The number of hydrogen-bond acceptors (Lipinski definition) is 4. The molecule has 406 valence electrons. The maximum atomic E-state index is 10.2. The van der Waals surface area contributed by atoms with E-state index in [1.54, 1.807) is 0 Å². The molecule has 2 aliphatic carbocycles. The van der Waals surface area contributed by atoms with Crippen LogP contribution in [0.15, 0.2) is 291 Å². The quantitative estimate of drug-likeness (QED) is 0.135. The van der Waals surface area contributed by atoms with Gasteiger partial charge in [-0.15, -0.1) is 0 Å². The SMILES string of the molecule is [C-]#[N+]c1ccc(N(c2ccc(C#N)cc2)c2cc3c(c4ccccc24)-c2c(ccc4ccccc24)C3(c2ccccc2)C2(c3ccccc3)c3ccc4ccccc4c3-c3c2cc(N(c2ccc(C#N)cc2)c2ccc([N+]#[C-])cc2)c2ccccc32)cc1. The molecule has 14 aromatic carbocycles. The molecule has 16 rings (SSSR count). The first-order valence-electron chi connectivity index (χ1n) is 29.3. The van der Waals surface area contributed by atoms with Gasteiger partial charge in [-0.05, 0) is 173 Å². The highest BCUT2D eigenvalue weighted by Gasteiger charge is 2.65. The molecule has 0 saturated heterocycles. The molecule has 14 aromatic rings. The van der Waals surface area contributed by atoms with Gasteiger partial charge in [0.05, 0.1) is 58.6 Å². The van der Waals surface area contributed by atoms with E-state index < -0.39 is 10.8 Å². The fraction of sp³-hybridized carbons (Fsp3) is 0.0244. The molecule has 6 heteroatoms. The highest BCUT2D eigenvalue weighted by atomic mass is 15.2. The van der Waals surface area contributed by atoms with E-state index in [-0.39, 0.29) is 0 Å². The number of anilines is 6. The molecule has 0 radical (unpaired) electrons. The van der Waals surface area contributed by atoms with Crippen LogP contribution < -0.4 is 9.80 Å². The van der Waals surface area contributed by atoms with Gasteiger partial charge in [-0.1, -0.05) is 206 Å². The lowest BCUT2D eigenvalue weighted by Crippen LogP contribution is -2.50. The first kappa shape index (κ1) is 51.3. The molecule has 0 amide bonds. The Kier molecular flexibility index (Phi) is 11.8. The van der Waals surface area contributed by atoms with Crippen LogP contribution in [0.2, 0.25) is 0 Å². The Morgan fingerprint density at radius 1 is 0.295 bits per heavy atom. The summed E-state index contributed by atoms with van der Waals surface area (Å²) in [5.74, 6) is 0. The summed E-state index contributed by atoms with van der Waals surface area (Å²) in [4.78, 5) is 12.3. The molecule has 0 heterocycles. The van der Waals surface area contributed by atoms with E-state index in [0.717, 1.165) is 133 Å². The van der Waals surface area contributed by atoms with Crippen molar-refractivity contribution in [3.8, 4) is 34.4 Å². The highest BCUT2D eigenvalue weighted by Crippen LogP contribution is 2.73. The number of rotatable bonds is 9. The summed E-state index contributed by atoms with van der Waals surface area (Å²) < 4.78 is 0. The number of nitriles is 2.